The lowest BCUT2D eigenvalue weighted by Crippen LogP contribution is -2.43. The van der Waals surface area contributed by atoms with E-state index >= 15 is 4.39 Å². The van der Waals surface area contributed by atoms with Gasteiger partial charge in [0, 0.05) is 50.9 Å². The Labute approximate surface area is 265 Å². The summed E-state index contributed by atoms with van der Waals surface area (Å²) in [5.41, 5.74) is 3.92. The van der Waals surface area contributed by atoms with Crippen LogP contribution in [0.2, 0.25) is 0 Å². The highest BCUT2D eigenvalue weighted by Crippen LogP contribution is 2.38. The second-order valence-corrected chi connectivity index (χ2v) is 11.7. The highest BCUT2D eigenvalue weighted by Gasteiger charge is 2.24. The van der Waals surface area contributed by atoms with E-state index in [4.69, 9.17) is 4.74 Å². The molecule has 0 spiro atoms. The Balaban J connectivity index is 1.44. The van der Waals surface area contributed by atoms with Crippen LogP contribution in [0.3, 0.4) is 0 Å². The van der Waals surface area contributed by atoms with E-state index in [1.807, 2.05) is 56.1 Å². The number of aryl methyl sites for hydroxylation is 1. The van der Waals surface area contributed by atoms with Gasteiger partial charge in [-0.3, -0.25) is 23.9 Å². The normalized spacial score (nSPS) is 14.4. The predicted molar refractivity (Wildman–Crippen MR) is 173 cm³/mol. The van der Waals surface area contributed by atoms with Gasteiger partial charge in [-0.25, -0.2) is 13.9 Å². The zero-order valence-electron chi connectivity index (χ0n) is 26.7. The maximum Gasteiger partial charge on any atom is 0.346 e. The molecule has 2 amide bonds. The van der Waals surface area contributed by atoms with E-state index in [0.717, 1.165) is 43.5 Å². The van der Waals surface area contributed by atoms with Gasteiger partial charge in [-0.1, -0.05) is 30.3 Å². The SMILES string of the molecule is COc1cc(-c2cccc(-c3cccc(NC(=O)c4nn(C)c(=O)n(C)c4=O)c3C)c2C)cc(F)c1CN(C)CC1CCC(=O)N1. The summed E-state index contributed by atoms with van der Waals surface area (Å²) in [7, 11) is 6.07. The molecule has 4 aromatic rings. The maximum atomic E-state index is 15.7. The van der Waals surface area contributed by atoms with E-state index < -0.39 is 22.9 Å². The molecule has 2 heterocycles. The van der Waals surface area contributed by atoms with Gasteiger partial charge < -0.3 is 15.4 Å². The summed E-state index contributed by atoms with van der Waals surface area (Å²) in [6.45, 7) is 4.73. The minimum atomic E-state index is -0.791. The second kappa shape index (κ2) is 13.1. The van der Waals surface area contributed by atoms with Crippen LogP contribution in [-0.4, -0.2) is 57.8 Å². The lowest BCUT2D eigenvalue weighted by atomic mass is 9.90. The number of hydrogen-bond acceptors (Lipinski definition) is 7. The molecule has 1 atom stereocenters. The molecule has 0 saturated carbocycles. The molecule has 46 heavy (non-hydrogen) atoms. The van der Waals surface area contributed by atoms with Gasteiger partial charge in [0.2, 0.25) is 11.6 Å². The fraction of sp³-hybridized carbons (Fsp3) is 0.324. The first-order valence-electron chi connectivity index (χ1n) is 14.9. The number of aromatic nitrogens is 3. The first-order valence-corrected chi connectivity index (χ1v) is 14.9. The molecule has 0 aliphatic carbocycles. The average molecular weight is 629 g/mol. The number of hydrogen-bond donors (Lipinski definition) is 2. The molecule has 1 unspecified atom stereocenters. The molecule has 1 aliphatic rings. The number of carbonyl (C=O) groups excluding carboxylic acids is 2. The van der Waals surface area contributed by atoms with Crippen molar-refractivity contribution in [3.63, 3.8) is 0 Å². The molecule has 0 radical (unpaired) electrons. The number of carbonyl (C=O) groups is 2. The van der Waals surface area contributed by atoms with Crippen molar-refractivity contribution in [1.29, 1.82) is 0 Å². The number of halogens is 1. The molecule has 5 rings (SSSR count). The maximum absolute atomic E-state index is 15.7. The van der Waals surface area contributed by atoms with Crippen molar-refractivity contribution >= 4 is 17.5 Å². The van der Waals surface area contributed by atoms with E-state index in [0.29, 0.717) is 42.1 Å². The summed E-state index contributed by atoms with van der Waals surface area (Å²) in [5.74, 6) is -0.647. The molecule has 11 nitrogen and oxygen atoms in total. The molecular formula is C34H37FN6O5. The van der Waals surface area contributed by atoms with Crippen LogP contribution >= 0.6 is 0 Å². The van der Waals surface area contributed by atoms with Crippen LogP contribution in [0.1, 0.15) is 40.0 Å². The van der Waals surface area contributed by atoms with Gasteiger partial charge in [-0.2, -0.15) is 5.10 Å². The highest BCUT2D eigenvalue weighted by molar-refractivity contribution is 6.03. The standard InChI is InChI=1S/C34H37FN6O5/c1-19-23(21-15-27(35)26(29(16-21)46-6)18-39(3)17-22-13-14-30(42)36-22)9-7-10-24(19)25-11-8-12-28(20(25)2)37-32(43)31-33(44)40(4)34(45)41(5)38-31/h7-12,15-16,22H,13-14,17-18H2,1-6H3,(H,36,42)(H,37,43). The van der Waals surface area contributed by atoms with E-state index in [9.17, 15) is 19.2 Å². The molecule has 0 bridgehead atoms. The molecule has 1 saturated heterocycles. The summed E-state index contributed by atoms with van der Waals surface area (Å²) >= 11 is 0. The fourth-order valence-corrected chi connectivity index (χ4v) is 5.95. The number of nitrogens with one attached hydrogen (secondary N) is 2. The largest absolute Gasteiger partial charge is 0.496 e. The summed E-state index contributed by atoms with van der Waals surface area (Å²) in [6, 6.07) is 14.6. The average Bonchev–Trinajstić information content (AvgIpc) is 3.43. The smallest absolute Gasteiger partial charge is 0.346 e. The first-order chi connectivity index (χ1) is 21.9. The summed E-state index contributed by atoms with van der Waals surface area (Å²) in [4.78, 5) is 51.2. The quantitative estimate of drug-likeness (QED) is 0.290. The topological polar surface area (TPSA) is 128 Å². The van der Waals surface area contributed by atoms with Crippen LogP contribution in [0, 0.1) is 19.7 Å². The summed E-state index contributed by atoms with van der Waals surface area (Å²) < 4.78 is 23.1. The van der Waals surface area contributed by atoms with Gasteiger partial charge in [0.1, 0.15) is 11.6 Å². The van der Waals surface area contributed by atoms with Crippen LogP contribution < -0.4 is 26.6 Å². The summed E-state index contributed by atoms with van der Waals surface area (Å²) in [6.07, 6.45) is 1.27. The molecule has 12 heteroatoms. The molecule has 1 aromatic heterocycles. The third-order valence-electron chi connectivity index (χ3n) is 8.47. The Bertz CT molecular complexity index is 1970. The number of likely N-dealkylation sites (N-methyl/N-ethyl adjacent to an activating group) is 1. The van der Waals surface area contributed by atoms with E-state index in [2.05, 4.69) is 15.7 Å². The molecule has 1 fully saturated rings. The number of anilines is 1. The Morgan fingerprint density at radius 2 is 1.74 bits per heavy atom. The fourth-order valence-electron chi connectivity index (χ4n) is 5.95. The number of rotatable bonds is 9. The zero-order chi connectivity index (χ0) is 33.3. The second-order valence-electron chi connectivity index (χ2n) is 11.7. The molecule has 1 aliphatic heterocycles. The van der Waals surface area contributed by atoms with E-state index in [1.54, 1.807) is 12.1 Å². The van der Waals surface area contributed by atoms with E-state index in [1.165, 1.54) is 27.3 Å². The third kappa shape index (κ3) is 6.34. The molecule has 2 N–H and O–H groups in total. The Hall–Kier alpha value is -5.10. The Kier molecular flexibility index (Phi) is 9.19. The third-order valence-corrected chi connectivity index (χ3v) is 8.47. The van der Waals surface area contributed by atoms with Crippen molar-refractivity contribution in [2.75, 3.05) is 26.0 Å². The number of amides is 2. The van der Waals surface area contributed by atoms with Crippen LogP contribution in [-0.2, 0) is 25.4 Å². The minimum absolute atomic E-state index is 0.0430. The van der Waals surface area contributed by atoms with Crippen molar-refractivity contribution in [2.24, 2.45) is 14.1 Å². The van der Waals surface area contributed by atoms with Gasteiger partial charge in [0.05, 0.1) is 7.11 Å². The molecule has 3 aromatic carbocycles. The lowest BCUT2D eigenvalue weighted by Gasteiger charge is -2.23. The van der Waals surface area contributed by atoms with Gasteiger partial charge in [-0.05, 0) is 78.9 Å². The first kappa shape index (κ1) is 32.3. The van der Waals surface area contributed by atoms with Crippen LogP contribution in [0.15, 0.2) is 58.1 Å². The van der Waals surface area contributed by atoms with Gasteiger partial charge >= 0.3 is 5.69 Å². The van der Waals surface area contributed by atoms with Gasteiger partial charge in [0.25, 0.3) is 11.5 Å². The Morgan fingerprint density at radius 3 is 2.41 bits per heavy atom. The number of nitrogens with zero attached hydrogens (tertiary/aromatic N) is 4. The van der Waals surface area contributed by atoms with Crippen LogP contribution in [0.4, 0.5) is 10.1 Å². The molecular weight excluding hydrogens is 591 g/mol. The van der Waals surface area contributed by atoms with Crippen molar-refractivity contribution in [1.82, 2.24) is 24.6 Å². The van der Waals surface area contributed by atoms with Crippen molar-refractivity contribution < 1.29 is 18.7 Å². The van der Waals surface area contributed by atoms with Crippen molar-refractivity contribution in [3.05, 3.63) is 97.6 Å². The van der Waals surface area contributed by atoms with Gasteiger partial charge in [0.15, 0.2) is 0 Å². The van der Waals surface area contributed by atoms with Crippen molar-refractivity contribution in [3.8, 4) is 28.0 Å². The predicted octanol–water partition coefficient (Wildman–Crippen LogP) is 3.54. The monoisotopic (exact) mass is 628 g/mol. The van der Waals surface area contributed by atoms with E-state index in [-0.39, 0.29) is 17.8 Å². The zero-order valence-corrected chi connectivity index (χ0v) is 26.7. The minimum Gasteiger partial charge on any atom is -0.496 e. The van der Waals surface area contributed by atoms with Crippen molar-refractivity contribution in [2.45, 2.75) is 39.3 Å². The Morgan fingerprint density at radius 1 is 1.07 bits per heavy atom. The van der Waals surface area contributed by atoms with Crippen LogP contribution in [0.25, 0.3) is 22.3 Å². The number of benzene rings is 3. The summed E-state index contributed by atoms with van der Waals surface area (Å²) in [5, 5.41) is 9.58. The van der Waals surface area contributed by atoms with Gasteiger partial charge in [-0.15, -0.1) is 0 Å². The highest BCUT2D eigenvalue weighted by atomic mass is 19.1. The van der Waals surface area contributed by atoms with Crippen LogP contribution in [0.5, 0.6) is 5.75 Å². The number of ether oxygens (including phenoxy) is 1. The molecule has 240 valence electrons. The lowest BCUT2D eigenvalue weighted by molar-refractivity contribution is -0.119. The number of methoxy groups -OCH3 is 1.